The first-order valence-corrected chi connectivity index (χ1v) is 8.08. The van der Waals surface area contributed by atoms with E-state index in [-0.39, 0.29) is 18.4 Å². The highest BCUT2D eigenvalue weighted by molar-refractivity contribution is 7.11. The molecule has 0 radical (unpaired) electrons. The fraction of sp³-hybridized carbons (Fsp3) is 0.500. The van der Waals surface area contributed by atoms with Gasteiger partial charge >= 0.3 is 6.03 Å². The molecule has 1 N–H and O–H groups in total. The molecular formula is C14H18N6O2S. The summed E-state index contributed by atoms with van der Waals surface area (Å²) in [7, 11) is 1.76. The lowest BCUT2D eigenvalue weighted by Crippen LogP contribution is -2.40. The minimum atomic E-state index is -1.10. The van der Waals surface area contributed by atoms with E-state index in [1.54, 1.807) is 31.0 Å². The minimum Gasteiger partial charge on any atom is -0.319 e. The van der Waals surface area contributed by atoms with Crippen LogP contribution in [0.1, 0.15) is 42.3 Å². The number of aryl methyl sites for hydroxylation is 1. The van der Waals surface area contributed by atoms with Crippen molar-refractivity contribution in [3.8, 4) is 0 Å². The van der Waals surface area contributed by atoms with E-state index in [1.807, 2.05) is 13.8 Å². The van der Waals surface area contributed by atoms with Gasteiger partial charge < -0.3 is 5.32 Å². The lowest BCUT2D eigenvalue weighted by Gasteiger charge is -2.19. The molecule has 122 valence electrons. The zero-order valence-electron chi connectivity index (χ0n) is 13.4. The van der Waals surface area contributed by atoms with Crippen molar-refractivity contribution in [1.29, 1.82) is 0 Å². The number of hydrogen-bond donors (Lipinski definition) is 1. The summed E-state index contributed by atoms with van der Waals surface area (Å²) < 4.78 is 1.60. The standard InChI is InChI=1S/C14H18N6O2S/c1-8(2)11-18-17-10(23-11)7-20-12(21)14(3,16-13(20)22)9-5-15-19(4)6-9/h5-6,8H,7H2,1-4H3,(H,16,22). The van der Waals surface area contributed by atoms with Crippen LogP contribution in [0.25, 0.3) is 0 Å². The second-order valence-electron chi connectivity index (χ2n) is 6.04. The smallest absolute Gasteiger partial charge is 0.319 e. The molecule has 1 aliphatic heterocycles. The van der Waals surface area contributed by atoms with Gasteiger partial charge in [-0.1, -0.05) is 25.2 Å². The summed E-state index contributed by atoms with van der Waals surface area (Å²) in [5, 5.41) is 16.5. The predicted octanol–water partition coefficient (Wildman–Crippen LogP) is 1.36. The summed E-state index contributed by atoms with van der Waals surface area (Å²) in [6.07, 6.45) is 3.31. The molecule has 1 saturated heterocycles. The van der Waals surface area contributed by atoms with E-state index in [9.17, 15) is 9.59 Å². The normalized spacial score (nSPS) is 21.3. The fourth-order valence-corrected chi connectivity index (χ4v) is 3.25. The highest BCUT2D eigenvalue weighted by Crippen LogP contribution is 2.30. The molecule has 9 heteroatoms. The number of nitrogens with zero attached hydrogens (tertiary/aromatic N) is 5. The maximum Gasteiger partial charge on any atom is 0.325 e. The number of nitrogens with one attached hydrogen (secondary N) is 1. The van der Waals surface area contributed by atoms with Crippen molar-refractivity contribution >= 4 is 23.3 Å². The van der Waals surface area contributed by atoms with Gasteiger partial charge in [-0.3, -0.25) is 14.4 Å². The summed E-state index contributed by atoms with van der Waals surface area (Å²) in [6.45, 7) is 5.86. The van der Waals surface area contributed by atoms with Crippen LogP contribution in [0.4, 0.5) is 4.79 Å². The number of imide groups is 1. The van der Waals surface area contributed by atoms with Crippen LogP contribution >= 0.6 is 11.3 Å². The maximum atomic E-state index is 12.8. The van der Waals surface area contributed by atoms with Crippen LogP contribution < -0.4 is 5.32 Å². The number of amides is 3. The largest absolute Gasteiger partial charge is 0.325 e. The van der Waals surface area contributed by atoms with Gasteiger partial charge in [-0.05, 0) is 6.92 Å². The maximum absolute atomic E-state index is 12.8. The van der Waals surface area contributed by atoms with E-state index in [0.29, 0.717) is 10.6 Å². The summed E-state index contributed by atoms with van der Waals surface area (Å²) in [4.78, 5) is 26.2. The molecule has 0 aromatic carbocycles. The summed E-state index contributed by atoms with van der Waals surface area (Å²) in [6, 6.07) is -0.428. The molecular weight excluding hydrogens is 316 g/mol. The molecule has 1 fully saturated rings. The van der Waals surface area contributed by atoms with Crippen LogP contribution in [0, 0.1) is 0 Å². The van der Waals surface area contributed by atoms with Crippen LogP contribution in [-0.2, 0) is 23.9 Å². The molecule has 3 rings (SSSR count). The van der Waals surface area contributed by atoms with Gasteiger partial charge in [-0.2, -0.15) is 5.10 Å². The number of carbonyl (C=O) groups excluding carboxylic acids is 2. The average molecular weight is 334 g/mol. The monoisotopic (exact) mass is 334 g/mol. The topological polar surface area (TPSA) is 93.0 Å². The molecule has 2 aromatic rings. The number of hydrogen-bond acceptors (Lipinski definition) is 6. The van der Waals surface area contributed by atoms with Gasteiger partial charge in [-0.15, -0.1) is 10.2 Å². The fourth-order valence-electron chi connectivity index (χ4n) is 2.41. The third-order valence-electron chi connectivity index (χ3n) is 3.83. The van der Waals surface area contributed by atoms with E-state index in [4.69, 9.17) is 0 Å². The van der Waals surface area contributed by atoms with Crippen LogP contribution in [-0.4, -0.2) is 36.8 Å². The van der Waals surface area contributed by atoms with Gasteiger partial charge in [0.1, 0.15) is 15.6 Å². The SMILES string of the molecule is CC(C)c1nnc(CN2C(=O)NC(C)(c3cnn(C)c3)C2=O)s1. The Labute approximate surface area is 137 Å². The van der Waals surface area contributed by atoms with Crippen molar-refractivity contribution in [2.75, 3.05) is 0 Å². The second kappa shape index (κ2) is 5.41. The van der Waals surface area contributed by atoms with Crippen molar-refractivity contribution in [1.82, 2.24) is 30.2 Å². The van der Waals surface area contributed by atoms with Crippen LogP contribution in [0.3, 0.4) is 0 Å². The first-order valence-electron chi connectivity index (χ1n) is 7.27. The first kappa shape index (κ1) is 15.6. The number of urea groups is 1. The molecule has 3 amide bonds. The Morgan fingerprint density at radius 3 is 2.65 bits per heavy atom. The number of carbonyl (C=O) groups is 2. The Morgan fingerprint density at radius 1 is 1.35 bits per heavy atom. The lowest BCUT2D eigenvalue weighted by molar-refractivity contribution is -0.131. The third-order valence-corrected chi connectivity index (χ3v) is 5.04. The van der Waals surface area contributed by atoms with Gasteiger partial charge in [0.15, 0.2) is 0 Å². The van der Waals surface area contributed by atoms with Crippen LogP contribution in [0.5, 0.6) is 0 Å². The van der Waals surface area contributed by atoms with E-state index >= 15 is 0 Å². The van der Waals surface area contributed by atoms with Gasteiger partial charge in [0.2, 0.25) is 0 Å². The molecule has 2 aromatic heterocycles. The van der Waals surface area contributed by atoms with Crippen LogP contribution in [0.15, 0.2) is 12.4 Å². The quantitative estimate of drug-likeness (QED) is 0.852. The molecule has 1 unspecified atom stereocenters. The first-order chi connectivity index (χ1) is 10.8. The third kappa shape index (κ3) is 2.61. The molecule has 0 saturated carbocycles. The van der Waals surface area contributed by atoms with Gasteiger partial charge in [0.05, 0.1) is 12.7 Å². The van der Waals surface area contributed by atoms with Crippen LogP contribution in [0.2, 0.25) is 0 Å². The molecule has 3 heterocycles. The Morgan fingerprint density at radius 2 is 2.09 bits per heavy atom. The molecule has 0 spiro atoms. The van der Waals surface area contributed by atoms with Crippen molar-refractivity contribution in [2.45, 2.75) is 38.8 Å². The number of aromatic nitrogens is 4. The average Bonchev–Trinajstić information content (AvgIpc) is 3.16. The highest BCUT2D eigenvalue weighted by atomic mass is 32.1. The Hall–Kier alpha value is -2.29. The minimum absolute atomic E-state index is 0.130. The molecule has 0 aliphatic carbocycles. The molecule has 23 heavy (non-hydrogen) atoms. The van der Waals surface area contributed by atoms with Gasteiger partial charge in [-0.25, -0.2) is 4.79 Å². The number of rotatable bonds is 4. The molecule has 1 atom stereocenters. The summed E-state index contributed by atoms with van der Waals surface area (Å²) in [5.74, 6) is -0.0400. The van der Waals surface area contributed by atoms with E-state index in [0.717, 1.165) is 5.01 Å². The summed E-state index contributed by atoms with van der Waals surface area (Å²) >= 11 is 1.42. The Kier molecular flexibility index (Phi) is 3.67. The molecule has 0 bridgehead atoms. The van der Waals surface area contributed by atoms with Crippen molar-refractivity contribution in [3.05, 3.63) is 28.0 Å². The second-order valence-corrected chi connectivity index (χ2v) is 7.13. The zero-order chi connectivity index (χ0) is 16.8. The Bertz CT molecular complexity index is 767. The van der Waals surface area contributed by atoms with E-state index < -0.39 is 11.6 Å². The highest BCUT2D eigenvalue weighted by Gasteiger charge is 2.49. The zero-order valence-corrected chi connectivity index (χ0v) is 14.2. The van der Waals surface area contributed by atoms with E-state index in [2.05, 4.69) is 20.6 Å². The van der Waals surface area contributed by atoms with Crippen molar-refractivity contribution in [3.63, 3.8) is 0 Å². The van der Waals surface area contributed by atoms with Crippen molar-refractivity contribution in [2.24, 2.45) is 7.05 Å². The van der Waals surface area contributed by atoms with Gasteiger partial charge in [0.25, 0.3) is 5.91 Å². The predicted molar refractivity (Wildman–Crippen MR) is 83.6 cm³/mol. The summed E-state index contributed by atoms with van der Waals surface area (Å²) in [5.41, 5.74) is -0.447. The Balaban J connectivity index is 1.83. The van der Waals surface area contributed by atoms with Crippen molar-refractivity contribution < 1.29 is 9.59 Å². The molecule has 1 aliphatic rings. The molecule has 8 nitrogen and oxygen atoms in total. The lowest BCUT2D eigenvalue weighted by atomic mass is 9.95. The van der Waals surface area contributed by atoms with Gasteiger partial charge in [0, 0.05) is 24.7 Å². The van der Waals surface area contributed by atoms with E-state index in [1.165, 1.54) is 16.2 Å².